The molecule has 4 heteroatoms. The fourth-order valence-corrected chi connectivity index (χ4v) is 2.14. The molecule has 0 fully saturated rings. The number of aryl methyl sites for hydroxylation is 2. The molecule has 0 atom stereocenters. The van der Waals surface area contributed by atoms with Crippen LogP contribution >= 0.6 is 11.6 Å². The van der Waals surface area contributed by atoms with Gasteiger partial charge in [0.1, 0.15) is 0 Å². The summed E-state index contributed by atoms with van der Waals surface area (Å²) in [7, 11) is 1.36. The summed E-state index contributed by atoms with van der Waals surface area (Å²) in [5, 5.41) is 1.32. The van der Waals surface area contributed by atoms with E-state index in [1.807, 2.05) is 19.9 Å². The van der Waals surface area contributed by atoms with Gasteiger partial charge in [0, 0.05) is 16.1 Å². The molecule has 88 valence electrons. The lowest BCUT2D eigenvalue weighted by Gasteiger charge is -2.08. The number of hydrogen-bond donors (Lipinski definition) is 0. The van der Waals surface area contributed by atoms with Crippen molar-refractivity contribution in [2.75, 3.05) is 7.11 Å². The van der Waals surface area contributed by atoms with E-state index in [0.29, 0.717) is 10.6 Å². The van der Waals surface area contributed by atoms with E-state index in [-0.39, 0.29) is 5.97 Å². The maximum Gasteiger partial charge on any atom is 0.338 e. The molecule has 0 aliphatic rings. The van der Waals surface area contributed by atoms with Crippen molar-refractivity contribution in [1.29, 1.82) is 0 Å². The van der Waals surface area contributed by atoms with Gasteiger partial charge in [-0.15, -0.1) is 0 Å². The molecule has 3 nitrogen and oxygen atoms in total. The lowest BCUT2D eigenvalue weighted by Crippen LogP contribution is -2.04. The maximum atomic E-state index is 11.7. The molecule has 1 heterocycles. The van der Waals surface area contributed by atoms with Gasteiger partial charge < -0.3 is 4.74 Å². The fourth-order valence-electron chi connectivity index (χ4n) is 1.86. The minimum atomic E-state index is -0.373. The second kappa shape index (κ2) is 4.34. The molecule has 1 aromatic heterocycles. The van der Waals surface area contributed by atoms with E-state index in [2.05, 4.69) is 4.98 Å². The van der Waals surface area contributed by atoms with Crippen LogP contribution in [0, 0.1) is 13.8 Å². The molecule has 1 aromatic carbocycles. The van der Waals surface area contributed by atoms with Gasteiger partial charge in [0.2, 0.25) is 0 Å². The average Bonchev–Trinajstić information content (AvgIpc) is 2.28. The normalized spacial score (nSPS) is 10.6. The van der Waals surface area contributed by atoms with E-state index in [4.69, 9.17) is 16.3 Å². The summed E-state index contributed by atoms with van der Waals surface area (Å²) in [4.78, 5) is 16.1. The van der Waals surface area contributed by atoms with E-state index >= 15 is 0 Å². The fraction of sp³-hybridized carbons (Fsp3) is 0.231. The third-order valence-electron chi connectivity index (χ3n) is 2.60. The first-order valence-corrected chi connectivity index (χ1v) is 5.56. The minimum absolute atomic E-state index is 0.373. The van der Waals surface area contributed by atoms with E-state index in [1.165, 1.54) is 7.11 Å². The number of methoxy groups -OCH3 is 1. The topological polar surface area (TPSA) is 39.2 Å². The van der Waals surface area contributed by atoms with Crippen LogP contribution in [-0.4, -0.2) is 18.1 Å². The van der Waals surface area contributed by atoms with Gasteiger partial charge in [-0.3, -0.25) is 4.98 Å². The number of benzene rings is 1. The van der Waals surface area contributed by atoms with Gasteiger partial charge in [-0.2, -0.15) is 0 Å². The standard InChI is InChI=1S/C13H12ClNO2/c1-7-4-9(14)6-10-11(13(16)17-3)5-8(2)15-12(7)10/h4-6H,1-3H3. The van der Waals surface area contributed by atoms with Crippen LogP contribution in [0.25, 0.3) is 10.9 Å². The Morgan fingerprint density at radius 3 is 2.65 bits per heavy atom. The van der Waals surface area contributed by atoms with Gasteiger partial charge in [-0.1, -0.05) is 11.6 Å². The van der Waals surface area contributed by atoms with Crippen molar-refractivity contribution < 1.29 is 9.53 Å². The quantitative estimate of drug-likeness (QED) is 0.728. The van der Waals surface area contributed by atoms with Gasteiger partial charge in [0.15, 0.2) is 0 Å². The lowest BCUT2D eigenvalue weighted by atomic mass is 10.0. The zero-order valence-electron chi connectivity index (χ0n) is 9.87. The molecular weight excluding hydrogens is 238 g/mol. The monoisotopic (exact) mass is 249 g/mol. The van der Waals surface area contributed by atoms with E-state index in [0.717, 1.165) is 22.2 Å². The number of rotatable bonds is 1. The molecular formula is C13H12ClNO2. The molecule has 17 heavy (non-hydrogen) atoms. The van der Waals surface area contributed by atoms with Crippen molar-refractivity contribution in [3.63, 3.8) is 0 Å². The van der Waals surface area contributed by atoms with Gasteiger partial charge in [-0.25, -0.2) is 4.79 Å². The van der Waals surface area contributed by atoms with Crippen molar-refractivity contribution in [3.05, 3.63) is 40.0 Å². The van der Waals surface area contributed by atoms with Gasteiger partial charge in [0.25, 0.3) is 0 Å². The van der Waals surface area contributed by atoms with Crippen molar-refractivity contribution >= 4 is 28.5 Å². The molecule has 0 saturated carbocycles. The third kappa shape index (κ3) is 2.11. The van der Waals surface area contributed by atoms with Crippen LogP contribution in [0.15, 0.2) is 18.2 Å². The number of esters is 1. The maximum absolute atomic E-state index is 11.7. The predicted octanol–water partition coefficient (Wildman–Crippen LogP) is 3.29. The first kappa shape index (κ1) is 11.9. The molecule has 0 bridgehead atoms. The van der Waals surface area contributed by atoms with Crippen LogP contribution in [0.3, 0.4) is 0 Å². The van der Waals surface area contributed by atoms with Crippen LogP contribution in [0.4, 0.5) is 0 Å². The van der Waals surface area contributed by atoms with Crippen LogP contribution in [0.2, 0.25) is 5.02 Å². The van der Waals surface area contributed by atoms with Gasteiger partial charge in [0.05, 0.1) is 18.2 Å². The van der Waals surface area contributed by atoms with Crippen LogP contribution in [0.5, 0.6) is 0 Å². The summed E-state index contributed by atoms with van der Waals surface area (Å²) in [6.45, 7) is 3.77. The third-order valence-corrected chi connectivity index (χ3v) is 2.82. The van der Waals surface area contributed by atoms with Crippen molar-refractivity contribution in [2.45, 2.75) is 13.8 Å². The molecule has 2 rings (SSSR count). The predicted molar refractivity (Wildman–Crippen MR) is 67.6 cm³/mol. The Balaban J connectivity index is 2.87. The highest BCUT2D eigenvalue weighted by Crippen LogP contribution is 2.26. The number of nitrogens with zero attached hydrogens (tertiary/aromatic N) is 1. The van der Waals surface area contributed by atoms with Crippen molar-refractivity contribution in [1.82, 2.24) is 4.98 Å². The molecule has 0 spiro atoms. The number of carbonyl (C=O) groups is 1. The molecule has 2 aromatic rings. The number of hydrogen-bond acceptors (Lipinski definition) is 3. The van der Waals surface area contributed by atoms with Gasteiger partial charge >= 0.3 is 5.97 Å². The molecule has 0 N–H and O–H groups in total. The van der Waals surface area contributed by atoms with Crippen LogP contribution in [-0.2, 0) is 4.74 Å². The number of aromatic nitrogens is 1. The highest BCUT2D eigenvalue weighted by atomic mass is 35.5. The summed E-state index contributed by atoms with van der Waals surface area (Å²) < 4.78 is 4.77. The Bertz CT molecular complexity index is 608. The van der Waals surface area contributed by atoms with Crippen LogP contribution in [0.1, 0.15) is 21.6 Å². The second-order valence-corrected chi connectivity index (χ2v) is 4.36. The number of carbonyl (C=O) groups excluding carboxylic acids is 1. The van der Waals surface area contributed by atoms with E-state index < -0.39 is 0 Å². The molecule has 0 radical (unpaired) electrons. The minimum Gasteiger partial charge on any atom is -0.465 e. The summed E-state index contributed by atoms with van der Waals surface area (Å²) in [6.07, 6.45) is 0. The average molecular weight is 250 g/mol. The molecule has 0 amide bonds. The van der Waals surface area contributed by atoms with Crippen molar-refractivity contribution in [2.24, 2.45) is 0 Å². The number of pyridine rings is 1. The Hall–Kier alpha value is -1.61. The summed E-state index contributed by atoms with van der Waals surface area (Å²) in [5.74, 6) is -0.373. The highest BCUT2D eigenvalue weighted by Gasteiger charge is 2.14. The Kier molecular flexibility index (Phi) is 3.03. The lowest BCUT2D eigenvalue weighted by molar-refractivity contribution is 0.0603. The highest BCUT2D eigenvalue weighted by molar-refractivity contribution is 6.31. The molecule has 0 unspecified atom stereocenters. The van der Waals surface area contributed by atoms with Gasteiger partial charge in [-0.05, 0) is 37.6 Å². The molecule has 0 saturated heterocycles. The summed E-state index contributed by atoms with van der Waals surface area (Å²) in [6, 6.07) is 5.28. The first-order valence-electron chi connectivity index (χ1n) is 5.18. The van der Waals surface area contributed by atoms with E-state index in [9.17, 15) is 4.79 Å². The second-order valence-electron chi connectivity index (χ2n) is 3.92. The zero-order valence-corrected chi connectivity index (χ0v) is 10.6. The number of ether oxygens (including phenoxy) is 1. The van der Waals surface area contributed by atoms with Crippen molar-refractivity contribution in [3.8, 4) is 0 Å². The summed E-state index contributed by atoms with van der Waals surface area (Å²) >= 11 is 6.00. The number of fused-ring (bicyclic) bond motifs is 1. The largest absolute Gasteiger partial charge is 0.465 e. The molecule has 0 aliphatic carbocycles. The first-order chi connectivity index (χ1) is 8.02. The summed E-state index contributed by atoms with van der Waals surface area (Å²) in [5.41, 5.74) is 3.01. The Labute approximate surface area is 104 Å². The van der Waals surface area contributed by atoms with Crippen LogP contribution < -0.4 is 0 Å². The molecule has 0 aliphatic heterocycles. The SMILES string of the molecule is COC(=O)c1cc(C)nc2c(C)cc(Cl)cc12. The zero-order chi connectivity index (χ0) is 12.6. The number of halogens is 1. The smallest absolute Gasteiger partial charge is 0.338 e. The Morgan fingerprint density at radius 1 is 1.29 bits per heavy atom. The Morgan fingerprint density at radius 2 is 2.00 bits per heavy atom. The van der Waals surface area contributed by atoms with E-state index in [1.54, 1.807) is 12.1 Å².